The van der Waals surface area contributed by atoms with Crippen molar-refractivity contribution in [1.29, 1.82) is 0 Å². The zero-order valence-corrected chi connectivity index (χ0v) is 11.6. The molecule has 0 radical (unpaired) electrons. The fourth-order valence-electron chi connectivity index (χ4n) is 2.08. The summed E-state index contributed by atoms with van der Waals surface area (Å²) in [5.41, 5.74) is 1.16. The molecule has 3 rings (SSSR count). The van der Waals surface area contributed by atoms with Crippen LogP contribution in [0.2, 0.25) is 0 Å². The average Bonchev–Trinajstić information content (AvgIpc) is 2.48. The zero-order valence-electron chi connectivity index (χ0n) is 11.6. The number of nitrogens with one attached hydrogen (secondary N) is 3. The molecular weight excluding hydrogens is 284 g/mol. The molecule has 1 amide bonds. The monoisotopic (exact) mass is 296 g/mol. The molecule has 1 aromatic carbocycles. The molecule has 0 bridgehead atoms. The Morgan fingerprint density at radius 1 is 1.05 bits per heavy atom. The number of pyridine rings is 1. The Labute approximate surface area is 124 Å². The average molecular weight is 296 g/mol. The van der Waals surface area contributed by atoms with Crippen molar-refractivity contribution in [3.8, 4) is 0 Å². The van der Waals surface area contributed by atoms with Crippen LogP contribution in [0.5, 0.6) is 0 Å². The van der Waals surface area contributed by atoms with E-state index in [1.807, 2.05) is 6.92 Å². The Balaban J connectivity index is 1.96. The van der Waals surface area contributed by atoms with Gasteiger partial charge in [0.05, 0.1) is 11.0 Å². The summed E-state index contributed by atoms with van der Waals surface area (Å²) < 4.78 is 0. The summed E-state index contributed by atoms with van der Waals surface area (Å²) in [6.07, 6.45) is 1.60. The number of aromatic amines is 2. The minimum absolute atomic E-state index is 0.320. The quantitative estimate of drug-likeness (QED) is 0.617. The predicted octanol–water partition coefficient (Wildman–Crippen LogP) is 1.17. The summed E-state index contributed by atoms with van der Waals surface area (Å²) in [5.74, 6) is -0.320. The summed E-state index contributed by atoms with van der Waals surface area (Å²) in [4.78, 5) is 43.7. The van der Waals surface area contributed by atoms with Gasteiger partial charge in [0.25, 0.3) is 5.91 Å². The Morgan fingerprint density at radius 3 is 2.50 bits per heavy atom. The fraction of sp³-hybridized carbons (Fsp3) is 0.0667. The second-order valence-electron chi connectivity index (χ2n) is 4.81. The Hall–Kier alpha value is -3.22. The summed E-state index contributed by atoms with van der Waals surface area (Å²) in [6, 6.07) is 8.08. The molecule has 0 atom stereocenters. The first kappa shape index (κ1) is 13.7. The third-order valence-electron chi connectivity index (χ3n) is 3.14. The Bertz CT molecular complexity index is 988. The number of hydrogen-bond donors (Lipinski definition) is 3. The van der Waals surface area contributed by atoms with Crippen molar-refractivity contribution in [3.05, 3.63) is 68.5 Å². The van der Waals surface area contributed by atoms with Gasteiger partial charge >= 0.3 is 11.1 Å². The van der Waals surface area contributed by atoms with Crippen LogP contribution in [0.1, 0.15) is 16.1 Å². The van der Waals surface area contributed by atoms with Crippen molar-refractivity contribution in [1.82, 2.24) is 15.0 Å². The predicted molar refractivity (Wildman–Crippen MR) is 82.1 cm³/mol. The van der Waals surface area contributed by atoms with Crippen LogP contribution in [0.4, 0.5) is 5.69 Å². The van der Waals surface area contributed by atoms with Crippen molar-refractivity contribution in [2.45, 2.75) is 6.92 Å². The molecule has 3 aromatic rings. The van der Waals surface area contributed by atoms with Crippen LogP contribution in [0.15, 0.2) is 46.1 Å². The molecule has 22 heavy (non-hydrogen) atoms. The van der Waals surface area contributed by atoms with E-state index in [9.17, 15) is 14.4 Å². The third kappa shape index (κ3) is 2.64. The highest BCUT2D eigenvalue weighted by atomic mass is 16.2. The molecule has 7 heteroatoms. The summed E-state index contributed by atoms with van der Waals surface area (Å²) in [5, 5.41) is 2.75. The largest absolute Gasteiger partial charge is 0.322 e. The second-order valence-corrected chi connectivity index (χ2v) is 4.81. The van der Waals surface area contributed by atoms with E-state index in [0.717, 1.165) is 5.69 Å². The molecule has 0 saturated heterocycles. The number of benzene rings is 1. The van der Waals surface area contributed by atoms with Gasteiger partial charge in [-0.25, -0.2) is 0 Å². The highest BCUT2D eigenvalue weighted by Gasteiger charge is 2.08. The summed E-state index contributed by atoms with van der Waals surface area (Å²) >= 11 is 0. The number of nitrogens with zero attached hydrogens (tertiary/aromatic N) is 1. The lowest BCUT2D eigenvalue weighted by atomic mass is 10.1. The number of carbonyl (C=O) groups is 1. The van der Waals surface area contributed by atoms with Crippen LogP contribution in [0.3, 0.4) is 0 Å². The Kier molecular flexibility index (Phi) is 3.30. The van der Waals surface area contributed by atoms with Crippen molar-refractivity contribution < 1.29 is 4.79 Å². The van der Waals surface area contributed by atoms with Crippen LogP contribution < -0.4 is 16.4 Å². The highest BCUT2D eigenvalue weighted by Crippen LogP contribution is 2.13. The summed E-state index contributed by atoms with van der Waals surface area (Å²) in [7, 11) is 0. The molecule has 2 heterocycles. The van der Waals surface area contributed by atoms with E-state index in [1.165, 1.54) is 6.07 Å². The lowest BCUT2D eigenvalue weighted by Gasteiger charge is -2.06. The van der Waals surface area contributed by atoms with Crippen molar-refractivity contribution in [2.24, 2.45) is 0 Å². The molecule has 3 N–H and O–H groups in total. The summed E-state index contributed by atoms with van der Waals surface area (Å²) in [6.45, 7) is 1.83. The van der Waals surface area contributed by atoms with Gasteiger partial charge in [-0.2, -0.15) is 0 Å². The third-order valence-corrected chi connectivity index (χ3v) is 3.14. The van der Waals surface area contributed by atoms with E-state index >= 15 is 0 Å². The van der Waals surface area contributed by atoms with E-state index in [0.29, 0.717) is 22.3 Å². The Morgan fingerprint density at radius 2 is 1.77 bits per heavy atom. The van der Waals surface area contributed by atoms with Crippen molar-refractivity contribution >= 4 is 22.6 Å². The number of aromatic nitrogens is 3. The van der Waals surface area contributed by atoms with Gasteiger partial charge in [-0.1, -0.05) is 0 Å². The molecule has 0 unspecified atom stereocenters. The number of rotatable bonds is 2. The first-order valence-electron chi connectivity index (χ1n) is 6.53. The van der Waals surface area contributed by atoms with E-state index < -0.39 is 11.1 Å². The van der Waals surface area contributed by atoms with Gasteiger partial charge in [-0.3, -0.25) is 19.4 Å². The number of amides is 1. The van der Waals surface area contributed by atoms with E-state index in [2.05, 4.69) is 20.3 Å². The van der Waals surface area contributed by atoms with Crippen molar-refractivity contribution in [3.63, 3.8) is 0 Å². The van der Waals surface area contributed by atoms with Gasteiger partial charge in [0.1, 0.15) is 0 Å². The SMILES string of the molecule is Cc1cc(NC(=O)c2ccc3[nH]c(=O)c(=O)[nH]c3c2)ccn1. The minimum Gasteiger partial charge on any atom is -0.322 e. The standard InChI is InChI=1S/C15H12N4O3/c1-8-6-10(4-5-16-8)17-13(20)9-2-3-11-12(7-9)19-15(22)14(21)18-11/h2-7H,1H3,(H,18,21)(H,19,22)(H,16,17,20). The molecule has 0 saturated carbocycles. The lowest BCUT2D eigenvalue weighted by molar-refractivity contribution is 0.102. The van der Waals surface area contributed by atoms with Crippen LogP contribution in [-0.2, 0) is 0 Å². The number of aryl methyl sites for hydroxylation is 1. The van der Waals surface area contributed by atoms with E-state index in [4.69, 9.17) is 0 Å². The maximum atomic E-state index is 12.2. The lowest BCUT2D eigenvalue weighted by Crippen LogP contribution is -2.29. The van der Waals surface area contributed by atoms with Gasteiger partial charge in [0.2, 0.25) is 0 Å². The first-order valence-corrected chi connectivity index (χ1v) is 6.53. The topological polar surface area (TPSA) is 108 Å². The number of anilines is 1. The minimum atomic E-state index is -0.755. The molecular formula is C15H12N4O3. The number of fused-ring (bicyclic) bond motifs is 1. The normalized spacial score (nSPS) is 10.6. The van der Waals surface area contributed by atoms with Gasteiger partial charge < -0.3 is 15.3 Å². The van der Waals surface area contributed by atoms with E-state index in [-0.39, 0.29) is 5.91 Å². The molecule has 0 aliphatic heterocycles. The van der Waals surface area contributed by atoms with Crippen LogP contribution in [0.25, 0.3) is 11.0 Å². The first-order chi connectivity index (χ1) is 10.5. The number of hydrogen-bond acceptors (Lipinski definition) is 4. The van der Waals surface area contributed by atoms with Crippen LogP contribution >= 0.6 is 0 Å². The smallest absolute Gasteiger partial charge is 0.314 e. The molecule has 110 valence electrons. The van der Waals surface area contributed by atoms with Crippen molar-refractivity contribution in [2.75, 3.05) is 5.32 Å². The molecule has 0 fully saturated rings. The van der Waals surface area contributed by atoms with Crippen LogP contribution in [-0.4, -0.2) is 20.9 Å². The maximum absolute atomic E-state index is 12.2. The highest BCUT2D eigenvalue weighted by molar-refractivity contribution is 6.05. The van der Waals surface area contributed by atoms with Gasteiger partial charge in [0.15, 0.2) is 0 Å². The van der Waals surface area contributed by atoms with E-state index in [1.54, 1.807) is 30.5 Å². The van der Waals surface area contributed by atoms with Gasteiger partial charge in [-0.15, -0.1) is 0 Å². The molecule has 0 spiro atoms. The molecule has 0 aliphatic carbocycles. The van der Waals surface area contributed by atoms with Crippen LogP contribution in [0, 0.1) is 6.92 Å². The van der Waals surface area contributed by atoms with Gasteiger partial charge in [0, 0.05) is 23.1 Å². The van der Waals surface area contributed by atoms with Gasteiger partial charge in [-0.05, 0) is 37.3 Å². The fourth-order valence-corrected chi connectivity index (χ4v) is 2.08. The second kappa shape index (κ2) is 5.28. The maximum Gasteiger partial charge on any atom is 0.314 e. The number of carbonyl (C=O) groups excluding carboxylic acids is 1. The molecule has 7 nitrogen and oxygen atoms in total. The molecule has 0 aliphatic rings. The zero-order chi connectivity index (χ0) is 15.7. The molecule has 2 aromatic heterocycles. The number of H-pyrrole nitrogens is 2.